The normalized spacial score (nSPS) is 30.2. The predicted molar refractivity (Wildman–Crippen MR) is 65.8 cm³/mol. The van der Waals surface area contributed by atoms with E-state index in [-0.39, 0.29) is 0 Å². The lowest BCUT2D eigenvalue weighted by molar-refractivity contribution is -0.00376. The molecule has 0 radical (unpaired) electrons. The predicted octanol–water partition coefficient (Wildman–Crippen LogP) is 0.00240. The third-order valence-electron chi connectivity index (χ3n) is 3.64. The van der Waals surface area contributed by atoms with Crippen LogP contribution in [0.4, 0.5) is 0 Å². The molecule has 2 aliphatic heterocycles. The Balaban J connectivity index is 1.68. The van der Waals surface area contributed by atoms with E-state index in [2.05, 4.69) is 22.0 Å². The van der Waals surface area contributed by atoms with E-state index < -0.39 is 0 Å². The van der Waals surface area contributed by atoms with E-state index in [1.807, 2.05) is 0 Å². The molecule has 1 atom stereocenters. The molecule has 0 spiro atoms. The Hall–Kier alpha value is -0.160. The molecule has 2 rings (SSSR count). The van der Waals surface area contributed by atoms with Gasteiger partial charge in [-0.3, -0.25) is 4.90 Å². The number of nitrogens with zero attached hydrogens (tertiary/aromatic N) is 2. The van der Waals surface area contributed by atoms with Crippen LogP contribution >= 0.6 is 0 Å². The fraction of sp³-hybridized carbons (Fsp3) is 1.00. The smallest absolute Gasteiger partial charge is 0.0619 e. The minimum absolute atomic E-state index is 0.596. The summed E-state index contributed by atoms with van der Waals surface area (Å²) in [6, 6.07) is 0.596. The summed E-state index contributed by atoms with van der Waals surface area (Å²) in [7, 11) is 0. The van der Waals surface area contributed by atoms with Crippen molar-refractivity contribution < 1.29 is 4.74 Å². The number of hydrogen-bond acceptors (Lipinski definition) is 4. The summed E-state index contributed by atoms with van der Waals surface area (Å²) >= 11 is 0. The van der Waals surface area contributed by atoms with Gasteiger partial charge in [0.1, 0.15) is 0 Å². The van der Waals surface area contributed by atoms with E-state index in [1.54, 1.807) is 0 Å². The van der Waals surface area contributed by atoms with E-state index in [4.69, 9.17) is 4.74 Å². The summed E-state index contributed by atoms with van der Waals surface area (Å²) in [5, 5.41) is 3.45. The number of ether oxygens (including phenoxy) is 1. The second kappa shape index (κ2) is 6.55. The van der Waals surface area contributed by atoms with Crippen molar-refractivity contribution in [3.8, 4) is 0 Å². The average molecular weight is 227 g/mol. The van der Waals surface area contributed by atoms with Gasteiger partial charge in [-0.25, -0.2) is 0 Å². The number of morpholine rings is 1. The molecule has 2 heterocycles. The van der Waals surface area contributed by atoms with Crippen LogP contribution in [0, 0.1) is 0 Å². The van der Waals surface area contributed by atoms with Crippen LogP contribution in [-0.4, -0.2) is 74.9 Å². The van der Waals surface area contributed by atoms with Gasteiger partial charge in [-0.2, -0.15) is 0 Å². The highest BCUT2D eigenvalue weighted by Gasteiger charge is 2.19. The molecule has 0 bridgehead atoms. The molecule has 0 aromatic carbocycles. The van der Waals surface area contributed by atoms with Crippen LogP contribution in [0.2, 0.25) is 0 Å². The van der Waals surface area contributed by atoms with Crippen molar-refractivity contribution in [2.75, 3.05) is 59.0 Å². The standard InChI is InChI=1S/C12H25N3O/c1-12-11-16-10-9-15(12)8-7-14-5-2-3-13-4-6-14/h12-13H,2-11H2,1H3. The van der Waals surface area contributed by atoms with Crippen LogP contribution in [0.15, 0.2) is 0 Å². The van der Waals surface area contributed by atoms with Gasteiger partial charge in [-0.1, -0.05) is 0 Å². The number of rotatable bonds is 3. The monoisotopic (exact) mass is 227 g/mol. The Morgan fingerprint density at radius 1 is 1.19 bits per heavy atom. The van der Waals surface area contributed by atoms with Gasteiger partial charge in [0.05, 0.1) is 13.2 Å². The van der Waals surface area contributed by atoms with E-state index in [1.165, 1.54) is 39.1 Å². The molecule has 0 amide bonds. The molecular weight excluding hydrogens is 202 g/mol. The van der Waals surface area contributed by atoms with E-state index >= 15 is 0 Å². The Morgan fingerprint density at radius 3 is 3.00 bits per heavy atom. The average Bonchev–Trinajstić information content (AvgIpc) is 2.56. The third-order valence-corrected chi connectivity index (χ3v) is 3.64. The maximum Gasteiger partial charge on any atom is 0.0619 e. The molecule has 0 aromatic heterocycles. The molecule has 0 aromatic rings. The molecule has 4 heteroatoms. The Labute approximate surface area is 98.9 Å². The largest absolute Gasteiger partial charge is 0.379 e. The fourth-order valence-electron chi connectivity index (χ4n) is 2.49. The highest BCUT2D eigenvalue weighted by molar-refractivity contribution is 4.73. The summed E-state index contributed by atoms with van der Waals surface area (Å²) in [4.78, 5) is 5.14. The molecule has 2 saturated heterocycles. The zero-order chi connectivity index (χ0) is 11.2. The van der Waals surface area contributed by atoms with Gasteiger partial charge in [0.25, 0.3) is 0 Å². The second-order valence-electron chi connectivity index (χ2n) is 4.91. The molecule has 1 N–H and O–H groups in total. The zero-order valence-electron chi connectivity index (χ0n) is 10.5. The molecule has 0 saturated carbocycles. The molecular formula is C12H25N3O. The Morgan fingerprint density at radius 2 is 2.12 bits per heavy atom. The van der Waals surface area contributed by atoms with Gasteiger partial charge in [0, 0.05) is 38.8 Å². The lowest BCUT2D eigenvalue weighted by Gasteiger charge is -2.34. The van der Waals surface area contributed by atoms with Gasteiger partial charge in [-0.05, 0) is 26.4 Å². The first kappa shape index (κ1) is 12.3. The van der Waals surface area contributed by atoms with Crippen molar-refractivity contribution in [2.24, 2.45) is 0 Å². The lowest BCUT2D eigenvalue weighted by Crippen LogP contribution is -2.47. The maximum atomic E-state index is 5.46. The topological polar surface area (TPSA) is 27.7 Å². The molecule has 2 fully saturated rings. The van der Waals surface area contributed by atoms with Crippen molar-refractivity contribution in [2.45, 2.75) is 19.4 Å². The molecule has 4 nitrogen and oxygen atoms in total. The van der Waals surface area contributed by atoms with Crippen molar-refractivity contribution in [3.63, 3.8) is 0 Å². The van der Waals surface area contributed by atoms with Crippen LogP contribution in [-0.2, 0) is 4.74 Å². The van der Waals surface area contributed by atoms with Crippen LogP contribution in [0.25, 0.3) is 0 Å². The summed E-state index contributed by atoms with van der Waals surface area (Å²) < 4.78 is 5.46. The van der Waals surface area contributed by atoms with Gasteiger partial charge in [0.2, 0.25) is 0 Å². The first-order valence-corrected chi connectivity index (χ1v) is 6.61. The van der Waals surface area contributed by atoms with E-state index in [0.29, 0.717) is 6.04 Å². The van der Waals surface area contributed by atoms with E-state index in [9.17, 15) is 0 Å². The Kier molecular flexibility index (Phi) is 5.03. The molecule has 2 aliphatic rings. The van der Waals surface area contributed by atoms with Crippen LogP contribution in [0.5, 0.6) is 0 Å². The van der Waals surface area contributed by atoms with Gasteiger partial charge in [0.15, 0.2) is 0 Å². The van der Waals surface area contributed by atoms with Gasteiger partial charge in [-0.15, -0.1) is 0 Å². The van der Waals surface area contributed by atoms with Crippen molar-refractivity contribution in [1.29, 1.82) is 0 Å². The van der Waals surface area contributed by atoms with Gasteiger partial charge >= 0.3 is 0 Å². The highest BCUT2D eigenvalue weighted by Crippen LogP contribution is 2.06. The maximum absolute atomic E-state index is 5.46. The first-order valence-electron chi connectivity index (χ1n) is 6.61. The van der Waals surface area contributed by atoms with Crippen molar-refractivity contribution in [1.82, 2.24) is 15.1 Å². The summed E-state index contributed by atoms with van der Waals surface area (Å²) in [5.74, 6) is 0. The van der Waals surface area contributed by atoms with Crippen molar-refractivity contribution in [3.05, 3.63) is 0 Å². The van der Waals surface area contributed by atoms with Crippen LogP contribution < -0.4 is 5.32 Å². The molecule has 0 aliphatic carbocycles. The first-order chi connectivity index (χ1) is 7.86. The zero-order valence-corrected chi connectivity index (χ0v) is 10.5. The van der Waals surface area contributed by atoms with E-state index in [0.717, 1.165) is 26.3 Å². The number of nitrogens with one attached hydrogen (secondary N) is 1. The van der Waals surface area contributed by atoms with Crippen LogP contribution in [0.3, 0.4) is 0 Å². The van der Waals surface area contributed by atoms with Gasteiger partial charge < -0.3 is 15.0 Å². The Bertz CT molecular complexity index is 193. The molecule has 16 heavy (non-hydrogen) atoms. The summed E-state index contributed by atoms with van der Waals surface area (Å²) in [6.45, 7) is 12.4. The highest BCUT2D eigenvalue weighted by atomic mass is 16.5. The van der Waals surface area contributed by atoms with Crippen molar-refractivity contribution >= 4 is 0 Å². The fourth-order valence-corrected chi connectivity index (χ4v) is 2.49. The summed E-state index contributed by atoms with van der Waals surface area (Å²) in [5.41, 5.74) is 0. The second-order valence-corrected chi connectivity index (χ2v) is 4.91. The SMILES string of the molecule is CC1COCCN1CCN1CCCNCC1. The quantitative estimate of drug-likeness (QED) is 0.735. The minimum Gasteiger partial charge on any atom is -0.379 e. The van der Waals surface area contributed by atoms with Crippen LogP contribution in [0.1, 0.15) is 13.3 Å². The lowest BCUT2D eigenvalue weighted by atomic mass is 10.2. The summed E-state index contributed by atoms with van der Waals surface area (Å²) in [6.07, 6.45) is 1.29. The minimum atomic E-state index is 0.596. The molecule has 1 unspecified atom stereocenters. The number of hydrogen-bond donors (Lipinski definition) is 1. The molecule has 94 valence electrons. The third kappa shape index (κ3) is 3.70.